The van der Waals surface area contributed by atoms with Crippen LogP contribution in [0, 0.1) is 6.92 Å². The normalized spacial score (nSPS) is 11.0. The van der Waals surface area contributed by atoms with Crippen LogP contribution in [0.3, 0.4) is 0 Å². The van der Waals surface area contributed by atoms with Crippen LogP contribution in [-0.2, 0) is 19.7 Å². The number of ether oxygens (including phenoxy) is 1. The van der Waals surface area contributed by atoms with Gasteiger partial charge in [0.15, 0.2) is 0 Å². The number of hydrogen-bond acceptors (Lipinski definition) is 2. The van der Waals surface area contributed by atoms with Crippen LogP contribution in [0.2, 0.25) is 5.02 Å². The van der Waals surface area contributed by atoms with Gasteiger partial charge in [-0.05, 0) is 46.5 Å². The van der Waals surface area contributed by atoms with E-state index in [1.165, 1.54) is 27.5 Å². The van der Waals surface area contributed by atoms with Crippen LogP contribution in [-0.4, -0.2) is 0 Å². The first-order valence-electron chi connectivity index (χ1n) is 9.84. The van der Waals surface area contributed by atoms with Crippen molar-refractivity contribution in [3.05, 3.63) is 112 Å². The van der Waals surface area contributed by atoms with Crippen LogP contribution in [0.5, 0.6) is 5.75 Å². The van der Waals surface area contributed by atoms with E-state index in [0.29, 0.717) is 19.7 Å². The molecule has 4 aromatic carbocycles. The fraction of sp³-hybridized carbons (Fsp3) is 0.154. The van der Waals surface area contributed by atoms with E-state index in [2.05, 4.69) is 72.9 Å². The largest absolute Gasteiger partial charge is 0.489 e. The van der Waals surface area contributed by atoms with E-state index in [1.54, 1.807) is 0 Å². The van der Waals surface area contributed by atoms with Gasteiger partial charge in [0, 0.05) is 23.7 Å². The molecule has 0 aliphatic rings. The lowest BCUT2D eigenvalue weighted by Crippen LogP contribution is -2.14. The van der Waals surface area contributed by atoms with E-state index in [0.717, 1.165) is 16.3 Å². The third kappa shape index (κ3) is 4.61. The molecule has 0 spiro atoms. The van der Waals surface area contributed by atoms with Crippen molar-refractivity contribution in [3.8, 4) is 5.75 Å². The number of halogens is 1. The minimum absolute atomic E-state index is 0.558. The molecule has 0 heterocycles. The highest BCUT2D eigenvalue weighted by Gasteiger charge is 2.10. The van der Waals surface area contributed by atoms with Gasteiger partial charge in [-0.3, -0.25) is 0 Å². The molecule has 0 saturated carbocycles. The van der Waals surface area contributed by atoms with Gasteiger partial charge in [-0.25, -0.2) is 0 Å². The van der Waals surface area contributed by atoms with Crippen LogP contribution in [0.1, 0.15) is 22.3 Å². The van der Waals surface area contributed by atoms with Gasteiger partial charge < -0.3 is 10.1 Å². The van der Waals surface area contributed by atoms with Gasteiger partial charge in [-0.2, -0.15) is 0 Å². The van der Waals surface area contributed by atoms with Crippen molar-refractivity contribution in [3.63, 3.8) is 0 Å². The summed E-state index contributed by atoms with van der Waals surface area (Å²) in [6.07, 6.45) is 0. The second kappa shape index (κ2) is 9.13. The van der Waals surface area contributed by atoms with Gasteiger partial charge in [-0.1, -0.05) is 84.4 Å². The van der Waals surface area contributed by atoms with E-state index < -0.39 is 0 Å². The lowest BCUT2D eigenvalue weighted by molar-refractivity contribution is 0.302. The quantitative estimate of drug-likeness (QED) is 0.373. The molecule has 0 radical (unpaired) electrons. The molecule has 0 aromatic heterocycles. The molecule has 146 valence electrons. The summed E-state index contributed by atoms with van der Waals surface area (Å²) in [7, 11) is 0. The fourth-order valence-corrected chi connectivity index (χ4v) is 3.73. The van der Waals surface area contributed by atoms with Crippen molar-refractivity contribution in [1.82, 2.24) is 5.32 Å². The molecule has 0 aliphatic carbocycles. The van der Waals surface area contributed by atoms with Gasteiger partial charge in [0.1, 0.15) is 12.4 Å². The van der Waals surface area contributed by atoms with Gasteiger partial charge in [0.05, 0.1) is 0 Å². The lowest BCUT2D eigenvalue weighted by Gasteiger charge is -2.16. The Hall–Kier alpha value is -2.81. The monoisotopic (exact) mass is 401 g/mol. The Bertz CT molecular complexity index is 1120. The average molecular weight is 402 g/mol. The third-order valence-electron chi connectivity index (χ3n) is 5.22. The summed E-state index contributed by atoms with van der Waals surface area (Å²) >= 11 is 6.30. The summed E-state index contributed by atoms with van der Waals surface area (Å²) in [5.41, 5.74) is 4.71. The summed E-state index contributed by atoms with van der Waals surface area (Å²) in [6.45, 7) is 4.09. The SMILES string of the molecule is Cc1ccccc1COc1ccc2ccccc2c1CNCc1ccccc1Cl. The first-order chi connectivity index (χ1) is 14.2. The number of fused-ring (bicyclic) bond motifs is 1. The fourth-order valence-electron chi connectivity index (χ4n) is 3.52. The Morgan fingerprint density at radius 2 is 1.48 bits per heavy atom. The van der Waals surface area contributed by atoms with Crippen molar-refractivity contribution in [2.24, 2.45) is 0 Å². The number of nitrogens with one attached hydrogen (secondary N) is 1. The zero-order chi connectivity index (χ0) is 20.1. The zero-order valence-electron chi connectivity index (χ0n) is 16.5. The molecule has 29 heavy (non-hydrogen) atoms. The Kier molecular flexibility index (Phi) is 6.14. The second-order valence-electron chi connectivity index (χ2n) is 7.17. The molecule has 1 N–H and O–H groups in total. The first-order valence-corrected chi connectivity index (χ1v) is 10.2. The van der Waals surface area contributed by atoms with E-state index >= 15 is 0 Å². The molecule has 4 aromatic rings. The van der Waals surface area contributed by atoms with Crippen LogP contribution in [0.15, 0.2) is 84.9 Å². The minimum atomic E-state index is 0.558. The van der Waals surface area contributed by atoms with Crippen molar-refractivity contribution in [1.29, 1.82) is 0 Å². The van der Waals surface area contributed by atoms with Gasteiger partial charge in [0.25, 0.3) is 0 Å². The predicted molar refractivity (Wildman–Crippen MR) is 121 cm³/mol. The third-order valence-corrected chi connectivity index (χ3v) is 5.59. The summed E-state index contributed by atoms with van der Waals surface area (Å²) in [4.78, 5) is 0. The van der Waals surface area contributed by atoms with E-state index in [4.69, 9.17) is 16.3 Å². The zero-order valence-corrected chi connectivity index (χ0v) is 17.2. The second-order valence-corrected chi connectivity index (χ2v) is 7.58. The highest BCUT2D eigenvalue weighted by Crippen LogP contribution is 2.29. The molecule has 0 amide bonds. The topological polar surface area (TPSA) is 21.3 Å². The first kappa shape index (κ1) is 19.5. The van der Waals surface area contributed by atoms with Crippen LogP contribution in [0.25, 0.3) is 10.8 Å². The Labute approximate surface area is 177 Å². The molecule has 0 saturated heterocycles. The van der Waals surface area contributed by atoms with Gasteiger partial charge in [-0.15, -0.1) is 0 Å². The van der Waals surface area contributed by atoms with Crippen molar-refractivity contribution in [2.45, 2.75) is 26.6 Å². The van der Waals surface area contributed by atoms with Crippen LogP contribution >= 0.6 is 11.6 Å². The molecule has 3 heteroatoms. The molecule has 2 nitrogen and oxygen atoms in total. The molecular weight excluding hydrogens is 378 g/mol. The van der Waals surface area contributed by atoms with Crippen molar-refractivity contribution in [2.75, 3.05) is 0 Å². The maximum absolute atomic E-state index is 6.30. The summed E-state index contributed by atoms with van der Waals surface area (Å²) < 4.78 is 6.27. The Morgan fingerprint density at radius 3 is 2.31 bits per heavy atom. The summed E-state index contributed by atoms with van der Waals surface area (Å²) in [6, 6.07) is 28.9. The van der Waals surface area contributed by atoms with E-state index in [-0.39, 0.29) is 0 Å². The standard InChI is InChI=1S/C26H24ClNO/c1-19-8-2-3-11-22(19)18-29-26-15-14-20-9-4-6-12-23(20)24(26)17-28-16-21-10-5-7-13-25(21)27/h2-15,28H,16-18H2,1H3. The van der Waals surface area contributed by atoms with Gasteiger partial charge in [0.2, 0.25) is 0 Å². The minimum Gasteiger partial charge on any atom is -0.489 e. The molecular formula is C26H24ClNO. The molecule has 0 aliphatic heterocycles. The maximum atomic E-state index is 6.30. The average Bonchev–Trinajstić information content (AvgIpc) is 2.75. The maximum Gasteiger partial charge on any atom is 0.124 e. The number of aryl methyl sites for hydroxylation is 1. The molecule has 0 fully saturated rings. The number of rotatable bonds is 7. The van der Waals surface area contributed by atoms with Crippen LogP contribution < -0.4 is 10.1 Å². The smallest absolute Gasteiger partial charge is 0.124 e. The summed E-state index contributed by atoms with van der Waals surface area (Å²) in [5.74, 6) is 0.915. The van der Waals surface area contributed by atoms with E-state index in [9.17, 15) is 0 Å². The van der Waals surface area contributed by atoms with E-state index in [1.807, 2.05) is 24.3 Å². The lowest BCUT2D eigenvalue weighted by atomic mass is 10.0. The van der Waals surface area contributed by atoms with Crippen molar-refractivity contribution < 1.29 is 4.74 Å². The number of benzene rings is 4. The predicted octanol–water partition coefficient (Wildman–Crippen LogP) is 6.67. The number of hydrogen-bond donors (Lipinski definition) is 1. The molecule has 0 unspecified atom stereocenters. The van der Waals surface area contributed by atoms with Crippen molar-refractivity contribution >= 4 is 22.4 Å². The Morgan fingerprint density at radius 1 is 0.759 bits per heavy atom. The van der Waals surface area contributed by atoms with Crippen LogP contribution in [0.4, 0.5) is 0 Å². The highest BCUT2D eigenvalue weighted by molar-refractivity contribution is 6.31. The molecule has 0 bridgehead atoms. The highest BCUT2D eigenvalue weighted by atomic mass is 35.5. The summed E-state index contributed by atoms with van der Waals surface area (Å²) in [5, 5.41) is 6.75. The van der Waals surface area contributed by atoms with Gasteiger partial charge >= 0.3 is 0 Å². The molecule has 4 rings (SSSR count). The Balaban J connectivity index is 1.57. The molecule has 0 atom stereocenters.